The molecule has 86 valence electrons. The highest BCUT2D eigenvalue weighted by atomic mass is 15.3. The molecule has 0 aliphatic carbocycles. The van der Waals surface area contributed by atoms with Gasteiger partial charge in [-0.25, -0.2) is 0 Å². The molecule has 1 aromatic heterocycles. The highest BCUT2D eigenvalue weighted by Crippen LogP contribution is 2.15. The molecular weight excluding hydrogens is 186 g/mol. The van der Waals surface area contributed by atoms with Crippen molar-refractivity contribution in [2.75, 3.05) is 13.1 Å². The first-order valence-electron chi connectivity index (χ1n) is 5.88. The zero-order chi connectivity index (χ0) is 11.3. The van der Waals surface area contributed by atoms with E-state index >= 15 is 0 Å². The predicted molar refractivity (Wildman–Crippen MR) is 64.2 cm³/mol. The van der Waals surface area contributed by atoms with E-state index in [9.17, 15) is 0 Å². The Morgan fingerprint density at radius 3 is 2.73 bits per heavy atom. The molecule has 1 aromatic rings. The quantitative estimate of drug-likeness (QED) is 0.729. The molecule has 1 heterocycles. The summed E-state index contributed by atoms with van der Waals surface area (Å²) >= 11 is 0. The van der Waals surface area contributed by atoms with Gasteiger partial charge in [0.25, 0.3) is 0 Å². The number of nitrogens with one attached hydrogen (secondary N) is 1. The summed E-state index contributed by atoms with van der Waals surface area (Å²) in [4.78, 5) is 0. The van der Waals surface area contributed by atoms with Crippen LogP contribution in [0.4, 0.5) is 0 Å². The molecule has 1 N–H and O–H groups in total. The number of rotatable bonds is 6. The van der Waals surface area contributed by atoms with Gasteiger partial charge in [0, 0.05) is 11.7 Å². The zero-order valence-electron chi connectivity index (χ0n) is 10.4. The van der Waals surface area contributed by atoms with Gasteiger partial charge in [0.2, 0.25) is 0 Å². The van der Waals surface area contributed by atoms with Crippen LogP contribution in [0.1, 0.15) is 44.1 Å². The van der Waals surface area contributed by atoms with Crippen molar-refractivity contribution < 1.29 is 0 Å². The molecule has 0 aromatic carbocycles. The van der Waals surface area contributed by atoms with Crippen LogP contribution in [0.3, 0.4) is 0 Å². The molecule has 0 aliphatic heterocycles. The van der Waals surface area contributed by atoms with Crippen molar-refractivity contribution in [3.8, 4) is 0 Å². The van der Waals surface area contributed by atoms with Crippen LogP contribution in [0.15, 0.2) is 6.07 Å². The lowest BCUT2D eigenvalue weighted by molar-refractivity contribution is 0.431. The molecule has 0 saturated heterocycles. The van der Waals surface area contributed by atoms with Gasteiger partial charge >= 0.3 is 0 Å². The third-order valence-corrected chi connectivity index (χ3v) is 2.69. The SMILES string of the molecule is CCNCCCC(C)n1nc(C)cc1C. The van der Waals surface area contributed by atoms with Gasteiger partial charge in [-0.1, -0.05) is 6.92 Å². The van der Waals surface area contributed by atoms with Crippen LogP contribution < -0.4 is 5.32 Å². The average Bonchev–Trinajstić information content (AvgIpc) is 2.52. The molecule has 0 amide bonds. The van der Waals surface area contributed by atoms with Gasteiger partial charge in [-0.2, -0.15) is 5.10 Å². The standard InChI is InChI=1S/C12H23N3/c1-5-13-8-6-7-11(3)15-12(4)9-10(2)14-15/h9,11,13H,5-8H2,1-4H3. The van der Waals surface area contributed by atoms with E-state index in [4.69, 9.17) is 0 Å². The summed E-state index contributed by atoms with van der Waals surface area (Å²) in [5.41, 5.74) is 2.38. The molecular formula is C12H23N3. The molecule has 0 radical (unpaired) electrons. The Morgan fingerprint density at radius 2 is 2.20 bits per heavy atom. The van der Waals surface area contributed by atoms with Crippen LogP contribution in [-0.2, 0) is 0 Å². The summed E-state index contributed by atoms with van der Waals surface area (Å²) in [7, 11) is 0. The number of aryl methyl sites for hydroxylation is 2. The summed E-state index contributed by atoms with van der Waals surface area (Å²) in [6.07, 6.45) is 2.41. The van der Waals surface area contributed by atoms with Gasteiger partial charge in [-0.05, 0) is 52.8 Å². The van der Waals surface area contributed by atoms with E-state index in [1.54, 1.807) is 0 Å². The Bertz CT molecular complexity index is 291. The second kappa shape index (κ2) is 5.91. The first-order valence-corrected chi connectivity index (χ1v) is 5.88. The molecule has 0 spiro atoms. The van der Waals surface area contributed by atoms with Crippen molar-refractivity contribution in [3.63, 3.8) is 0 Å². The van der Waals surface area contributed by atoms with Gasteiger partial charge in [0.1, 0.15) is 0 Å². The van der Waals surface area contributed by atoms with Crippen molar-refractivity contribution in [2.45, 2.75) is 46.6 Å². The van der Waals surface area contributed by atoms with Crippen LogP contribution in [-0.4, -0.2) is 22.9 Å². The Kier molecular flexibility index (Phi) is 4.82. The van der Waals surface area contributed by atoms with E-state index in [0.717, 1.165) is 18.8 Å². The van der Waals surface area contributed by atoms with Gasteiger partial charge in [0.05, 0.1) is 5.69 Å². The Hall–Kier alpha value is -0.830. The molecule has 1 atom stereocenters. The molecule has 1 rings (SSSR count). The van der Waals surface area contributed by atoms with E-state index in [2.05, 4.69) is 48.9 Å². The first-order chi connectivity index (χ1) is 7.15. The predicted octanol–water partition coefficient (Wildman–Crippen LogP) is 2.45. The Balaban J connectivity index is 2.39. The number of hydrogen-bond donors (Lipinski definition) is 1. The van der Waals surface area contributed by atoms with Crippen LogP contribution in [0, 0.1) is 13.8 Å². The maximum atomic E-state index is 4.51. The van der Waals surface area contributed by atoms with E-state index in [1.807, 2.05) is 0 Å². The second-order valence-corrected chi connectivity index (χ2v) is 4.22. The molecule has 0 bridgehead atoms. The highest BCUT2D eigenvalue weighted by Gasteiger charge is 2.08. The Labute approximate surface area is 92.9 Å². The van der Waals surface area contributed by atoms with Crippen LogP contribution in [0.5, 0.6) is 0 Å². The second-order valence-electron chi connectivity index (χ2n) is 4.22. The first kappa shape index (κ1) is 12.2. The largest absolute Gasteiger partial charge is 0.317 e. The van der Waals surface area contributed by atoms with E-state index in [-0.39, 0.29) is 0 Å². The van der Waals surface area contributed by atoms with Crippen molar-refractivity contribution in [1.82, 2.24) is 15.1 Å². The summed E-state index contributed by atoms with van der Waals surface area (Å²) < 4.78 is 2.14. The lowest BCUT2D eigenvalue weighted by atomic mass is 10.2. The number of nitrogens with zero attached hydrogens (tertiary/aromatic N) is 2. The molecule has 1 unspecified atom stereocenters. The molecule has 3 nitrogen and oxygen atoms in total. The summed E-state index contributed by atoms with van der Waals surface area (Å²) in [5, 5.41) is 7.85. The number of hydrogen-bond acceptors (Lipinski definition) is 2. The minimum absolute atomic E-state index is 0.511. The van der Waals surface area contributed by atoms with Crippen LogP contribution in [0.25, 0.3) is 0 Å². The molecule has 0 fully saturated rings. The normalized spacial score (nSPS) is 13.1. The topological polar surface area (TPSA) is 29.9 Å². The van der Waals surface area contributed by atoms with Crippen molar-refractivity contribution >= 4 is 0 Å². The molecule has 0 saturated carbocycles. The minimum Gasteiger partial charge on any atom is -0.317 e. The smallest absolute Gasteiger partial charge is 0.0596 e. The molecule has 0 aliphatic rings. The van der Waals surface area contributed by atoms with Crippen LogP contribution in [0.2, 0.25) is 0 Å². The van der Waals surface area contributed by atoms with E-state index in [1.165, 1.54) is 18.5 Å². The highest BCUT2D eigenvalue weighted by molar-refractivity contribution is 5.07. The van der Waals surface area contributed by atoms with Crippen molar-refractivity contribution in [3.05, 3.63) is 17.5 Å². The van der Waals surface area contributed by atoms with E-state index in [0.29, 0.717) is 6.04 Å². The van der Waals surface area contributed by atoms with Crippen molar-refractivity contribution in [2.24, 2.45) is 0 Å². The van der Waals surface area contributed by atoms with Gasteiger partial charge in [-0.3, -0.25) is 4.68 Å². The number of aromatic nitrogens is 2. The fraction of sp³-hybridized carbons (Fsp3) is 0.750. The maximum absolute atomic E-state index is 4.51. The average molecular weight is 209 g/mol. The Morgan fingerprint density at radius 1 is 1.47 bits per heavy atom. The van der Waals surface area contributed by atoms with Crippen LogP contribution >= 0.6 is 0 Å². The maximum Gasteiger partial charge on any atom is 0.0596 e. The van der Waals surface area contributed by atoms with Gasteiger partial charge < -0.3 is 5.32 Å². The summed E-state index contributed by atoms with van der Waals surface area (Å²) in [6, 6.07) is 2.65. The minimum atomic E-state index is 0.511. The third kappa shape index (κ3) is 3.67. The lowest BCUT2D eigenvalue weighted by Gasteiger charge is -2.14. The third-order valence-electron chi connectivity index (χ3n) is 2.69. The van der Waals surface area contributed by atoms with Gasteiger partial charge in [0.15, 0.2) is 0 Å². The monoisotopic (exact) mass is 209 g/mol. The molecule has 3 heteroatoms. The fourth-order valence-corrected chi connectivity index (χ4v) is 1.91. The summed E-state index contributed by atoms with van der Waals surface area (Å²) in [6.45, 7) is 10.7. The van der Waals surface area contributed by atoms with E-state index < -0.39 is 0 Å². The summed E-state index contributed by atoms with van der Waals surface area (Å²) in [5.74, 6) is 0. The van der Waals surface area contributed by atoms with Crippen molar-refractivity contribution in [1.29, 1.82) is 0 Å². The lowest BCUT2D eigenvalue weighted by Crippen LogP contribution is -2.16. The fourth-order valence-electron chi connectivity index (χ4n) is 1.91. The zero-order valence-corrected chi connectivity index (χ0v) is 10.4. The van der Waals surface area contributed by atoms with Gasteiger partial charge in [-0.15, -0.1) is 0 Å². The molecule has 15 heavy (non-hydrogen) atoms.